The lowest BCUT2D eigenvalue weighted by molar-refractivity contribution is -0.914. The SMILES string of the molecule is CC(C)NC(=O)NC(=O)[C@@H](C)[NH+]1CCN(c2ccccc2Cl)CC1. The number of carbonyl (C=O) groups is 2. The summed E-state index contributed by atoms with van der Waals surface area (Å²) in [7, 11) is 0. The molecule has 0 unspecified atom stereocenters. The molecule has 1 saturated heterocycles. The van der Waals surface area contributed by atoms with Crippen LogP contribution in [0.3, 0.4) is 0 Å². The minimum absolute atomic E-state index is 0.000353. The molecule has 132 valence electrons. The fourth-order valence-corrected chi connectivity index (χ4v) is 3.14. The van der Waals surface area contributed by atoms with Crippen LogP contribution in [0.5, 0.6) is 0 Å². The molecule has 1 aromatic rings. The normalized spacial score (nSPS) is 16.8. The van der Waals surface area contributed by atoms with Crippen LogP contribution < -0.4 is 20.4 Å². The molecule has 7 heteroatoms. The van der Waals surface area contributed by atoms with Gasteiger partial charge in [-0.25, -0.2) is 4.79 Å². The Balaban J connectivity index is 1.86. The van der Waals surface area contributed by atoms with Gasteiger partial charge < -0.3 is 15.1 Å². The second-order valence-electron chi connectivity index (χ2n) is 6.44. The van der Waals surface area contributed by atoms with Gasteiger partial charge in [-0.05, 0) is 32.9 Å². The maximum absolute atomic E-state index is 12.2. The van der Waals surface area contributed by atoms with Crippen LogP contribution in [0.4, 0.5) is 10.5 Å². The number of hydrogen-bond donors (Lipinski definition) is 3. The van der Waals surface area contributed by atoms with Crippen LogP contribution in [0.1, 0.15) is 20.8 Å². The highest BCUT2D eigenvalue weighted by Gasteiger charge is 2.30. The summed E-state index contributed by atoms with van der Waals surface area (Å²) in [4.78, 5) is 27.3. The molecule has 1 fully saturated rings. The van der Waals surface area contributed by atoms with Gasteiger partial charge in [-0.2, -0.15) is 0 Å². The number of nitrogens with zero attached hydrogens (tertiary/aromatic N) is 1. The first-order valence-corrected chi connectivity index (χ1v) is 8.71. The molecule has 0 aliphatic carbocycles. The van der Waals surface area contributed by atoms with Crippen molar-refractivity contribution in [3.63, 3.8) is 0 Å². The summed E-state index contributed by atoms with van der Waals surface area (Å²) in [6, 6.07) is 7.09. The standard InChI is InChI=1S/C17H25ClN4O2/c1-12(2)19-17(24)20-16(23)13(3)21-8-10-22(11-9-21)15-7-5-4-6-14(15)18/h4-7,12-13H,8-11H2,1-3H3,(H2,19,20,23,24)/p+1/t13-/m1/s1. The van der Waals surface area contributed by atoms with E-state index in [1.54, 1.807) is 0 Å². The van der Waals surface area contributed by atoms with Crippen molar-refractivity contribution in [2.24, 2.45) is 0 Å². The van der Waals surface area contributed by atoms with Crippen molar-refractivity contribution in [3.8, 4) is 0 Å². The van der Waals surface area contributed by atoms with Crippen LogP contribution in [0, 0.1) is 0 Å². The Hall–Kier alpha value is -1.79. The molecule has 3 amide bonds. The van der Waals surface area contributed by atoms with E-state index in [1.165, 1.54) is 4.90 Å². The number of quaternary nitrogens is 1. The van der Waals surface area contributed by atoms with Crippen molar-refractivity contribution >= 4 is 29.2 Å². The third-order valence-corrected chi connectivity index (χ3v) is 4.58. The Labute approximate surface area is 148 Å². The van der Waals surface area contributed by atoms with Crippen LogP contribution in [-0.4, -0.2) is 50.2 Å². The van der Waals surface area contributed by atoms with E-state index >= 15 is 0 Å². The van der Waals surface area contributed by atoms with E-state index in [4.69, 9.17) is 11.6 Å². The first-order chi connectivity index (χ1) is 11.4. The molecule has 6 nitrogen and oxygen atoms in total. The Bertz CT molecular complexity index is 586. The number of amides is 3. The molecule has 2 rings (SSSR count). The van der Waals surface area contributed by atoms with Crippen LogP contribution in [0.15, 0.2) is 24.3 Å². The van der Waals surface area contributed by atoms with Gasteiger partial charge in [-0.1, -0.05) is 23.7 Å². The van der Waals surface area contributed by atoms with E-state index in [9.17, 15) is 9.59 Å². The number of urea groups is 1. The fraction of sp³-hybridized carbons (Fsp3) is 0.529. The molecule has 1 heterocycles. The number of halogens is 1. The van der Waals surface area contributed by atoms with Crippen molar-refractivity contribution in [2.75, 3.05) is 31.1 Å². The molecular weight excluding hydrogens is 328 g/mol. The first kappa shape index (κ1) is 18.5. The topological polar surface area (TPSA) is 65.9 Å². The number of imide groups is 1. The molecular formula is C17H26ClN4O2+. The Morgan fingerprint density at radius 1 is 1.17 bits per heavy atom. The molecule has 0 aromatic heterocycles. The molecule has 0 bridgehead atoms. The number of hydrogen-bond acceptors (Lipinski definition) is 3. The Morgan fingerprint density at radius 3 is 2.38 bits per heavy atom. The van der Waals surface area contributed by atoms with Crippen LogP contribution in [0.2, 0.25) is 5.02 Å². The third kappa shape index (κ3) is 4.85. The minimum Gasteiger partial charge on any atom is -0.359 e. The van der Waals surface area contributed by atoms with E-state index in [1.807, 2.05) is 45.0 Å². The van der Waals surface area contributed by atoms with Gasteiger partial charge in [0.2, 0.25) is 0 Å². The minimum atomic E-state index is -0.434. The van der Waals surface area contributed by atoms with Gasteiger partial charge in [0, 0.05) is 6.04 Å². The first-order valence-electron chi connectivity index (χ1n) is 8.34. The second kappa shape index (κ2) is 8.35. The lowest BCUT2D eigenvalue weighted by Gasteiger charge is -2.36. The maximum atomic E-state index is 12.2. The third-order valence-electron chi connectivity index (χ3n) is 4.26. The highest BCUT2D eigenvalue weighted by atomic mass is 35.5. The summed E-state index contributed by atoms with van der Waals surface area (Å²) < 4.78 is 0. The number of para-hydroxylation sites is 1. The molecule has 1 aliphatic rings. The molecule has 1 aromatic carbocycles. The van der Waals surface area contributed by atoms with Crippen molar-refractivity contribution < 1.29 is 14.5 Å². The summed E-state index contributed by atoms with van der Waals surface area (Å²) in [5.41, 5.74) is 1.03. The van der Waals surface area contributed by atoms with Gasteiger partial charge in [0.15, 0.2) is 6.04 Å². The molecule has 3 N–H and O–H groups in total. The van der Waals surface area contributed by atoms with Crippen LogP contribution in [-0.2, 0) is 4.79 Å². The van der Waals surface area contributed by atoms with E-state index in [0.29, 0.717) is 0 Å². The maximum Gasteiger partial charge on any atom is 0.321 e. The number of carbonyl (C=O) groups excluding carboxylic acids is 2. The molecule has 1 aliphatic heterocycles. The Kier molecular flexibility index (Phi) is 6.45. The summed E-state index contributed by atoms with van der Waals surface area (Å²) >= 11 is 6.25. The predicted octanol–water partition coefficient (Wildman–Crippen LogP) is 0.668. The van der Waals surface area contributed by atoms with Gasteiger partial charge in [0.25, 0.3) is 5.91 Å². The quantitative estimate of drug-likeness (QED) is 0.745. The summed E-state index contributed by atoms with van der Waals surface area (Å²) in [6.45, 7) is 8.87. The average molecular weight is 354 g/mol. The van der Waals surface area contributed by atoms with Gasteiger partial charge in [0.05, 0.1) is 36.9 Å². The summed E-state index contributed by atoms with van der Waals surface area (Å²) in [5.74, 6) is -0.241. The average Bonchev–Trinajstić information content (AvgIpc) is 2.54. The highest BCUT2D eigenvalue weighted by Crippen LogP contribution is 2.24. The smallest absolute Gasteiger partial charge is 0.321 e. The van der Waals surface area contributed by atoms with Crippen molar-refractivity contribution in [3.05, 3.63) is 29.3 Å². The monoisotopic (exact) mass is 353 g/mol. The zero-order chi connectivity index (χ0) is 17.7. The predicted molar refractivity (Wildman–Crippen MR) is 95.6 cm³/mol. The van der Waals surface area contributed by atoms with E-state index in [-0.39, 0.29) is 18.0 Å². The summed E-state index contributed by atoms with van der Waals surface area (Å²) in [6.07, 6.45) is 0. The highest BCUT2D eigenvalue weighted by molar-refractivity contribution is 6.33. The number of rotatable bonds is 4. The number of benzene rings is 1. The van der Waals surface area contributed by atoms with E-state index < -0.39 is 6.03 Å². The Morgan fingerprint density at radius 2 is 1.79 bits per heavy atom. The lowest BCUT2D eigenvalue weighted by Crippen LogP contribution is -3.19. The molecule has 1 atom stereocenters. The number of nitrogens with one attached hydrogen (secondary N) is 3. The van der Waals surface area contributed by atoms with E-state index in [0.717, 1.165) is 36.9 Å². The van der Waals surface area contributed by atoms with Gasteiger partial charge in [-0.15, -0.1) is 0 Å². The van der Waals surface area contributed by atoms with Gasteiger partial charge in [-0.3, -0.25) is 10.1 Å². The second-order valence-corrected chi connectivity index (χ2v) is 6.84. The van der Waals surface area contributed by atoms with Crippen LogP contribution in [0.25, 0.3) is 0 Å². The van der Waals surface area contributed by atoms with Crippen molar-refractivity contribution in [1.29, 1.82) is 0 Å². The number of anilines is 1. The molecule has 0 spiro atoms. The molecule has 0 radical (unpaired) electrons. The van der Waals surface area contributed by atoms with Gasteiger partial charge >= 0.3 is 6.03 Å². The van der Waals surface area contributed by atoms with Crippen molar-refractivity contribution in [2.45, 2.75) is 32.9 Å². The zero-order valence-corrected chi connectivity index (χ0v) is 15.2. The number of piperazine rings is 1. The van der Waals surface area contributed by atoms with Gasteiger partial charge in [0.1, 0.15) is 0 Å². The molecule has 24 heavy (non-hydrogen) atoms. The summed E-state index contributed by atoms with van der Waals surface area (Å²) in [5, 5.41) is 5.83. The fourth-order valence-electron chi connectivity index (χ4n) is 2.88. The van der Waals surface area contributed by atoms with Crippen LogP contribution >= 0.6 is 11.6 Å². The zero-order valence-electron chi connectivity index (χ0n) is 14.4. The molecule has 0 saturated carbocycles. The lowest BCUT2D eigenvalue weighted by atomic mass is 10.2. The van der Waals surface area contributed by atoms with Crippen molar-refractivity contribution in [1.82, 2.24) is 10.6 Å². The largest absolute Gasteiger partial charge is 0.359 e. The van der Waals surface area contributed by atoms with E-state index in [2.05, 4.69) is 15.5 Å².